The van der Waals surface area contributed by atoms with E-state index in [1.165, 1.54) is 0 Å². The van der Waals surface area contributed by atoms with Crippen molar-refractivity contribution in [3.8, 4) is 0 Å². The van der Waals surface area contributed by atoms with Gasteiger partial charge in [0.05, 0.1) is 17.8 Å². The third kappa shape index (κ3) is 5.58. The van der Waals surface area contributed by atoms with Crippen LogP contribution in [0.4, 0.5) is 21.1 Å². The van der Waals surface area contributed by atoms with E-state index in [2.05, 4.69) is 26.9 Å². The van der Waals surface area contributed by atoms with Crippen LogP contribution in [0.25, 0.3) is 0 Å². The maximum absolute atomic E-state index is 13.1. The molecule has 2 unspecified atom stereocenters. The van der Waals surface area contributed by atoms with Gasteiger partial charge in [0.1, 0.15) is 11.2 Å². The van der Waals surface area contributed by atoms with Gasteiger partial charge in [-0.3, -0.25) is 9.80 Å². The van der Waals surface area contributed by atoms with Crippen LogP contribution in [0.3, 0.4) is 0 Å². The molecule has 4 rings (SSSR count). The zero-order chi connectivity index (χ0) is 25.8. The van der Waals surface area contributed by atoms with E-state index in [-0.39, 0.29) is 22.8 Å². The molecule has 11 heteroatoms. The number of rotatable bonds is 1. The van der Waals surface area contributed by atoms with Gasteiger partial charge in [-0.15, -0.1) is 10.2 Å². The van der Waals surface area contributed by atoms with Crippen molar-refractivity contribution in [2.45, 2.75) is 77.7 Å². The Labute approximate surface area is 212 Å². The van der Waals surface area contributed by atoms with Crippen LogP contribution in [-0.4, -0.2) is 94.2 Å². The van der Waals surface area contributed by atoms with Gasteiger partial charge in [0.2, 0.25) is 0 Å². The van der Waals surface area contributed by atoms with E-state index in [1.807, 2.05) is 41.5 Å². The minimum absolute atomic E-state index is 0.261. The summed E-state index contributed by atoms with van der Waals surface area (Å²) in [5.41, 5.74) is -0.654. The van der Waals surface area contributed by atoms with E-state index in [4.69, 9.17) is 21.1 Å². The van der Waals surface area contributed by atoms with E-state index >= 15 is 0 Å². The number of anilines is 2. The number of amides is 2. The van der Waals surface area contributed by atoms with Crippen LogP contribution in [0.5, 0.6) is 0 Å². The van der Waals surface area contributed by atoms with Gasteiger partial charge in [-0.1, -0.05) is 11.6 Å². The summed E-state index contributed by atoms with van der Waals surface area (Å²) in [5, 5.41) is 8.55. The number of aromatic nitrogens is 2. The highest BCUT2D eigenvalue weighted by molar-refractivity contribution is 6.29. The Kier molecular flexibility index (Phi) is 6.59. The predicted molar refractivity (Wildman–Crippen MR) is 134 cm³/mol. The van der Waals surface area contributed by atoms with E-state index in [1.54, 1.807) is 15.9 Å². The molecular weight excluding hydrogens is 472 g/mol. The van der Waals surface area contributed by atoms with Crippen LogP contribution in [0.1, 0.15) is 54.9 Å². The van der Waals surface area contributed by atoms with Crippen molar-refractivity contribution in [3.05, 3.63) is 11.2 Å². The van der Waals surface area contributed by atoms with Crippen molar-refractivity contribution in [2.75, 3.05) is 49.1 Å². The smallest absolute Gasteiger partial charge is 0.416 e. The van der Waals surface area contributed by atoms with Crippen LogP contribution < -0.4 is 9.80 Å². The van der Waals surface area contributed by atoms with Crippen LogP contribution in [0.15, 0.2) is 6.07 Å². The first-order valence-electron chi connectivity index (χ1n) is 12.2. The summed E-state index contributed by atoms with van der Waals surface area (Å²) >= 11 is 6.23. The fraction of sp³-hybridized carbons (Fsp3) is 0.750. The lowest BCUT2D eigenvalue weighted by atomic mass is 9.93. The zero-order valence-corrected chi connectivity index (χ0v) is 22.6. The van der Waals surface area contributed by atoms with Crippen LogP contribution in [0, 0.1) is 0 Å². The molecule has 0 aliphatic carbocycles. The molecule has 2 saturated heterocycles. The molecule has 0 bridgehead atoms. The van der Waals surface area contributed by atoms with E-state index < -0.39 is 17.3 Å². The Balaban J connectivity index is 1.50. The predicted octanol–water partition coefficient (Wildman–Crippen LogP) is 3.78. The summed E-state index contributed by atoms with van der Waals surface area (Å²) < 4.78 is 11.2. The maximum atomic E-state index is 13.1. The average Bonchev–Trinajstić information content (AvgIpc) is 3.08. The molecule has 0 aromatic carbocycles. The fourth-order valence-corrected chi connectivity index (χ4v) is 5.26. The highest BCUT2D eigenvalue weighted by Gasteiger charge is 2.51. The molecule has 0 radical (unpaired) electrons. The van der Waals surface area contributed by atoms with Gasteiger partial charge in [-0.05, 0) is 54.9 Å². The summed E-state index contributed by atoms with van der Waals surface area (Å²) in [5.74, 6) is 0.469. The van der Waals surface area contributed by atoms with Crippen molar-refractivity contribution in [3.63, 3.8) is 0 Å². The lowest BCUT2D eigenvalue weighted by molar-refractivity contribution is 0.0109. The van der Waals surface area contributed by atoms with E-state index in [9.17, 15) is 9.59 Å². The fourth-order valence-electron chi connectivity index (χ4n) is 5.12. The molecule has 1 aromatic rings. The largest absolute Gasteiger partial charge is 0.444 e. The van der Waals surface area contributed by atoms with Crippen molar-refractivity contribution in [1.82, 2.24) is 20.0 Å². The summed E-state index contributed by atoms with van der Waals surface area (Å²) in [6, 6.07) is 2.04. The number of carbonyl (C=O) groups excluding carboxylic acids is 2. The third-order valence-electron chi connectivity index (χ3n) is 6.59. The lowest BCUT2D eigenvalue weighted by Crippen LogP contribution is -2.57. The van der Waals surface area contributed by atoms with Crippen molar-refractivity contribution in [1.29, 1.82) is 0 Å². The third-order valence-corrected chi connectivity index (χ3v) is 6.77. The Bertz CT molecular complexity index is 985. The summed E-state index contributed by atoms with van der Waals surface area (Å²) in [7, 11) is 0. The molecule has 194 valence electrons. The standard InChI is InChI=1S/C24H37ClN6O4/c1-22(2,3)34-20(32)29-10-8-28(9-11-29)16-13-24(7)15-30(21(33)35-23(4,5)6)19-17(31(24)14-16)12-18(25)26-27-19/h12,16H,8-11,13-15H2,1-7H3. The highest BCUT2D eigenvalue weighted by Crippen LogP contribution is 2.45. The number of halogens is 1. The molecule has 3 aliphatic rings. The molecule has 35 heavy (non-hydrogen) atoms. The normalized spacial score (nSPS) is 25.3. The molecule has 0 spiro atoms. The minimum atomic E-state index is -0.624. The number of nitrogens with zero attached hydrogens (tertiary/aromatic N) is 6. The first-order valence-corrected chi connectivity index (χ1v) is 12.6. The summed E-state index contributed by atoms with van der Waals surface area (Å²) in [6.07, 6.45) is 0.159. The number of carbonyl (C=O) groups is 2. The van der Waals surface area contributed by atoms with Gasteiger partial charge >= 0.3 is 12.2 Å². The molecule has 10 nitrogen and oxygen atoms in total. The van der Waals surface area contributed by atoms with Gasteiger partial charge in [0, 0.05) is 44.8 Å². The molecule has 0 N–H and O–H groups in total. The molecule has 4 heterocycles. The van der Waals surface area contributed by atoms with Crippen molar-refractivity contribution in [2.24, 2.45) is 0 Å². The van der Waals surface area contributed by atoms with Gasteiger partial charge in [0.25, 0.3) is 0 Å². The number of ether oxygens (including phenoxy) is 2. The second kappa shape index (κ2) is 8.96. The van der Waals surface area contributed by atoms with Gasteiger partial charge in [-0.2, -0.15) is 0 Å². The van der Waals surface area contributed by atoms with Crippen molar-refractivity contribution < 1.29 is 19.1 Å². The Morgan fingerprint density at radius 3 is 2.20 bits per heavy atom. The molecule has 1 aromatic heterocycles. The Hall–Kier alpha value is -2.33. The molecule has 2 amide bonds. The Morgan fingerprint density at radius 1 is 1.00 bits per heavy atom. The molecule has 3 aliphatic heterocycles. The first kappa shape index (κ1) is 25.8. The van der Waals surface area contributed by atoms with E-state index in [0.29, 0.717) is 25.5 Å². The summed E-state index contributed by atoms with van der Waals surface area (Å²) in [6.45, 7) is 17.4. The van der Waals surface area contributed by atoms with E-state index in [0.717, 1.165) is 31.7 Å². The minimum Gasteiger partial charge on any atom is -0.444 e. The van der Waals surface area contributed by atoms with Crippen LogP contribution in [0.2, 0.25) is 5.15 Å². The molecule has 0 saturated carbocycles. The zero-order valence-electron chi connectivity index (χ0n) is 21.8. The topological polar surface area (TPSA) is 91.3 Å². The second-order valence-electron chi connectivity index (χ2n) is 11.9. The van der Waals surface area contributed by atoms with Crippen LogP contribution in [-0.2, 0) is 9.47 Å². The summed E-state index contributed by atoms with van der Waals surface area (Å²) in [4.78, 5) is 33.7. The highest BCUT2D eigenvalue weighted by atomic mass is 35.5. The number of hydrogen-bond acceptors (Lipinski definition) is 8. The number of fused-ring (bicyclic) bond motifs is 3. The monoisotopic (exact) mass is 508 g/mol. The Morgan fingerprint density at radius 2 is 1.60 bits per heavy atom. The van der Waals surface area contributed by atoms with Gasteiger partial charge in [0.15, 0.2) is 11.0 Å². The molecular formula is C24H37ClN6O4. The number of hydrogen-bond donors (Lipinski definition) is 0. The maximum Gasteiger partial charge on any atom is 0.416 e. The lowest BCUT2D eigenvalue weighted by Gasteiger charge is -2.45. The van der Waals surface area contributed by atoms with Gasteiger partial charge in [-0.25, -0.2) is 9.59 Å². The molecule has 2 fully saturated rings. The molecule has 2 atom stereocenters. The van der Waals surface area contributed by atoms with Gasteiger partial charge < -0.3 is 19.3 Å². The van der Waals surface area contributed by atoms with Crippen molar-refractivity contribution >= 4 is 35.3 Å². The second-order valence-corrected chi connectivity index (χ2v) is 12.3. The average molecular weight is 509 g/mol. The van der Waals surface area contributed by atoms with Crippen LogP contribution >= 0.6 is 11.6 Å². The SMILES string of the molecule is CC(C)(C)OC(=O)N1CCN(C2CN3c4cc(Cl)nnc4N(C(=O)OC(C)(C)C)CC3(C)C2)CC1. The quantitative estimate of drug-likeness (QED) is 0.566. The number of piperazine rings is 1. The first-order chi connectivity index (χ1) is 16.2.